The number of sulfone groups is 1. The van der Waals surface area contributed by atoms with Crippen molar-refractivity contribution in [1.82, 2.24) is 4.90 Å². The lowest BCUT2D eigenvalue weighted by Crippen LogP contribution is -2.49. The number of hydrogen-bond acceptors (Lipinski definition) is 4. The van der Waals surface area contributed by atoms with Gasteiger partial charge in [0.2, 0.25) is 0 Å². The van der Waals surface area contributed by atoms with E-state index in [0.29, 0.717) is 13.0 Å². The molecule has 1 aliphatic carbocycles. The van der Waals surface area contributed by atoms with Crippen molar-refractivity contribution in [2.75, 3.05) is 25.2 Å². The van der Waals surface area contributed by atoms with Crippen LogP contribution in [-0.4, -0.2) is 49.1 Å². The quantitative estimate of drug-likeness (QED) is 0.796. The van der Waals surface area contributed by atoms with Crippen LogP contribution in [0.3, 0.4) is 0 Å². The second kappa shape index (κ2) is 7.57. The third-order valence-electron chi connectivity index (χ3n) is 4.66. The van der Waals surface area contributed by atoms with E-state index in [1.807, 2.05) is 18.2 Å². The van der Waals surface area contributed by atoms with Crippen LogP contribution < -0.4 is 0 Å². The van der Waals surface area contributed by atoms with Crippen LogP contribution in [0, 0.1) is 0 Å². The first kappa shape index (κ1) is 17.4. The van der Waals surface area contributed by atoms with Gasteiger partial charge < -0.3 is 5.11 Å². The van der Waals surface area contributed by atoms with Gasteiger partial charge in [-0.1, -0.05) is 43.2 Å². The first-order valence-corrected chi connectivity index (χ1v) is 10.1. The molecule has 0 radical (unpaired) electrons. The number of aliphatic hydroxyl groups is 1. The number of hydrogen-bond donors (Lipinski definition) is 1. The third kappa shape index (κ3) is 4.80. The molecule has 1 aliphatic rings. The molecule has 4 nitrogen and oxygen atoms in total. The van der Waals surface area contributed by atoms with Crippen LogP contribution in [0.15, 0.2) is 30.3 Å². The standard InChI is InChI=1S/C17H27NO3S/c1-22(20,21)13-7-12-18(14-16-8-3-2-4-9-16)17(15-19)10-5-6-11-17/h2-4,8-9,19H,5-7,10-15H2,1H3. The molecule has 22 heavy (non-hydrogen) atoms. The van der Waals surface area contributed by atoms with Crippen molar-refractivity contribution >= 4 is 9.84 Å². The molecule has 0 bridgehead atoms. The van der Waals surface area contributed by atoms with Gasteiger partial charge >= 0.3 is 0 Å². The predicted octanol–water partition coefficient (Wildman–Crippen LogP) is 2.23. The fraction of sp³-hybridized carbons (Fsp3) is 0.647. The summed E-state index contributed by atoms with van der Waals surface area (Å²) in [6, 6.07) is 10.2. The molecule has 1 aromatic rings. The lowest BCUT2D eigenvalue weighted by Gasteiger charge is -2.40. The average molecular weight is 325 g/mol. The number of benzene rings is 1. The van der Waals surface area contributed by atoms with E-state index in [-0.39, 0.29) is 17.9 Å². The van der Waals surface area contributed by atoms with Gasteiger partial charge in [0.15, 0.2) is 0 Å². The summed E-state index contributed by atoms with van der Waals surface area (Å²) < 4.78 is 22.7. The summed E-state index contributed by atoms with van der Waals surface area (Å²) in [5, 5.41) is 9.96. The van der Waals surface area contributed by atoms with Crippen LogP contribution in [0.4, 0.5) is 0 Å². The Labute approximate surface area is 134 Å². The minimum absolute atomic E-state index is 0.151. The van der Waals surface area contributed by atoms with E-state index in [9.17, 15) is 13.5 Å². The molecule has 0 spiro atoms. The minimum Gasteiger partial charge on any atom is -0.394 e. The molecule has 0 saturated heterocycles. The topological polar surface area (TPSA) is 57.6 Å². The molecule has 5 heteroatoms. The molecule has 1 fully saturated rings. The van der Waals surface area contributed by atoms with E-state index in [4.69, 9.17) is 0 Å². The summed E-state index contributed by atoms with van der Waals surface area (Å²) in [5.41, 5.74) is 1.04. The molecule has 0 atom stereocenters. The van der Waals surface area contributed by atoms with Crippen LogP contribution in [0.25, 0.3) is 0 Å². The van der Waals surface area contributed by atoms with Crippen LogP contribution in [0.1, 0.15) is 37.7 Å². The molecular formula is C17H27NO3S. The van der Waals surface area contributed by atoms with Gasteiger partial charge in [0.05, 0.1) is 12.4 Å². The SMILES string of the molecule is CS(=O)(=O)CCCN(Cc1ccccc1)C1(CO)CCCC1. The van der Waals surface area contributed by atoms with E-state index < -0.39 is 9.84 Å². The van der Waals surface area contributed by atoms with E-state index in [1.54, 1.807) is 0 Å². The first-order chi connectivity index (χ1) is 10.5. The van der Waals surface area contributed by atoms with Gasteiger partial charge in [-0.2, -0.15) is 0 Å². The zero-order valence-electron chi connectivity index (χ0n) is 13.4. The molecule has 1 N–H and O–H groups in total. The Balaban J connectivity index is 2.09. The summed E-state index contributed by atoms with van der Waals surface area (Å²) in [6.45, 7) is 1.63. The van der Waals surface area contributed by atoms with Crippen molar-refractivity contribution < 1.29 is 13.5 Å². The van der Waals surface area contributed by atoms with Crippen molar-refractivity contribution in [1.29, 1.82) is 0 Å². The smallest absolute Gasteiger partial charge is 0.147 e. The largest absolute Gasteiger partial charge is 0.394 e. The maximum atomic E-state index is 11.4. The highest BCUT2D eigenvalue weighted by atomic mass is 32.2. The van der Waals surface area contributed by atoms with E-state index >= 15 is 0 Å². The Hall–Kier alpha value is -0.910. The second-order valence-corrected chi connectivity index (χ2v) is 8.74. The lowest BCUT2D eigenvalue weighted by molar-refractivity contribution is 0.0274. The molecule has 0 amide bonds. The van der Waals surface area contributed by atoms with E-state index in [0.717, 1.165) is 32.2 Å². The third-order valence-corrected chi connectivity index (χ3v) is 5.69. The molecule has 0 heterocycles. The van der Waals surface area contributed by atoms with Crippen LogP contribution in [0.5, 0.6) is 0 Å². The minimum atomic E-state index is -2.93. The zero-order chi connectivity index (χ0) is 16.1. The molecule has 0 aromatic heterocycles. The summed E-state index contributed by atoms with van der Waals surface area (Å²) >= 11 is 0. The van der Waals surface area contributed by atoms with Gasteiger partial charge in [0.1, 0.15) is 9.84 Å². The summed E-state index contributed by atoms with van der Waals surface area (Å²) in [6.07, 6.45) is 6.17. The predicted molar refractivity (Wildman–Crippen MR) is 89.5 cm³/mol. The molecule has 1 saturated carbocycles. The number of aliphatic hydroxyl groups excluding tert-OH is 1. The highest BCUT2D eigenvalue weighted by Gasteiger charge is 2.38. The van der Waals surface area contributed by atoms with Gasteiger partial charge in [-0.15, -0.1) is 0 Å². The second-order valence-electron chi connectivity index (χ2n) is 6.48. The molecular weight excluding hydrogens is 298 g/mol. The monoisotopic (exact) mass is 325 g/mol. The van der Waals surface area contributed by atoms with Gasteiger partial charge in [-0.05, 0) is 24.8 Å². The first-order valence-electron chi connectivity index (χ1n) is 8.03. The number of nitrogens with zero attached hydrogens (tertiary/aromatic N) is 1. The van der Waals surface area contributed by atoms with Crippen LogP contribution >= 0.6 is 0 Å². The van der Waals surface area contributed by atoms with Crippen molar-refractivity contribution in [3.63, 3.8) is 0 Å². The van der Waals surface area contributed by atoms with Crippen molar-refractivity contribution in [3.05, 3.63) is 35.9 Å². The Kier molecular flexibility index (Phi) is 6.01. The Morgan fingerprint density at radius 2 is 1.82 bits per heavy atom. The summed E-state index contributed by atoms with van der Waals surface area (Å²) in [7, 11) is -2.93. The van der Waals surface area contributed by atoms with Crippen LogP contribution in [-0.2, 0) is 16.4 Å². The lowest BCUT2D eigenvalue weighted by atomic mass is 9.95. The van der Waals surface area contributed by atoms with E-state index in [1.165, 1.54) is 11.8 Å². The zero-order valence-corrected chi connectivity index (χ0v) is 14.2. The van der Waals surface area contributed by atoms with Gasteiger partial charge in [0.25, 0.3) is 0 Å². The van der Waals surface area contributed by atoms with E-state index in [2.05, 4.69) is 17.0 Å². The van der Waals surface area contributed by atoms with Crippen molar-refractivity contribution in [2.45, 2.75) is 44.2 Å². The van der Waals surface area contributed by atoms with Gasteiger partial charge in [0, 0.05) is 24.9 Å². The fourth-order valence-corrected chi connectivity index (χ4v) is 4.07. The normalized spacial score (nSPS) is 18.0. The average Bonchev–Trinajstić information content (AvgIpc) is 2.96. The molecule has 2 rings (SSSR count). The number of rotatable bonds is 8. The Bertz CT molecular complexity index is 551. The molecule has 0 unspecified atom stereocenters. The summed E-state index contributed by atoms with van der Waals surface area (Å²) in [4.78, 5) is 2.31. The maximum absolute atomic E-state index is 11.4. The molecule has 124 valence electrons. The highest BCUT2D eigenvalue weighted by Crippen LogP contribution is 2.36. The molecule has 1 aromatic carbocycles. The van der Waals surface area contributed by atoms with Crippen molar-refractivity contribution in [2.24, 2.45) is 0 Å². The van der Waals surface area contributed by atoms with Crippen molar-refractivity contribution in [3.8, 4) is 0 Å². The summed E-state index contributed by atoms with van der Waals surface area (Å²) in [5.74, 6) is 0.208. The Morgan fingerprint density at radius 1 is 1.18 bits per heavy atom. The maximum Gasteiger partial charge on any atom is 0.147 e. The van der Waals surface area contributed by atoms with Gasteiger partial charge in [-0.3, -0.25) is 4.90 Å². The highest BCUT2D eigenvalue weighted by molar-refractivity contribution is 7.90. The van der Waals surface area contributed by atoms with Gasteiger partial charge in [-0.25, -0.2) is 8.42 Å². The molecule has 0 aliphatic heterocycles. The Morgan fingerprint density at radius 3 is 2.36 bits per heavy atom. The van der Waals surface area contributed by atoms with Crippen LogP contribution in [0.2, 0.25) is 0 Å². The fourth-order valence-electron chi connectivity index (χ4n) is 3.41.